The van der Waals surface area contributed by atoms with Crippen LogP contribution < -0.4 is 10.1 Å². The monoisotopic (exact) mass is 347 g/mol. The summed E-state index contributed by atoms with van der Waals surface area (Å²) < 4.78 is 18.1. The van der Waals surface area contributed by atoms with Gasteiger partial charge in [-0.15, -0.1) is 0 Å². The molecule has 2 rings (SSSR count). The maximum atomic E-state index is 12.7. The van der Waals surface area contributed by atoms with Crippen molar-refractivity contribution >= 4 is 17.7 Å². The van der Waals surface area contributed by atoms with E-state index in [-0.39, 0.29) is 18.3 Å². The van der Waals surface area contributed by atoms with Crippen LogP contribution in [0.2, 0.25) is 0 Å². The third-order valence-electron chi connectivity index (χ3n) is 3.37. The Kier molecular flexibility index (Phi) is 7.62. The molecule has 0 saturated heterocycles. The lowest BCUT2D eigenvalue weighted by molar-refractivity contribution is -0.121. The molecule has 3 nitrogen and oxygen atoms in total. The van der Waals surface area contributed by atoms with Crippen molar-refractivity contribution in [3.63, 3.8) is 0 Å². The van der Waals surface area contributed by atoms with Crippen molar-refractivity contribution in [2.75, 3.05) is 18.9 Å². The van der Waals surface area contributed by atoms with Crippen LogP contribution in [0.25, 0.3) is 0 Å². The lowest BCUT2D eigenvalue weighted by Crippen LogP contribution is -2.27. The number of halogens is 1. The molecule has 0 unspecified atom stereocenters. The van der Waals surface area contributed by atoms with E-state index in [1.807, 2.05) is 0 Å². The highest BCUT2D eigenvalue weighted by Gasteiger charge is 2.02. The molecule has 0 heterocycles. The topological polar surface area (TPSA) is 38.3 Å². The number of benzene rings is 2. The number of hydrogen-bond acceptors (Lipinski definition) is 3. The van der Waals surface area contributed by atoms with Crippen molar-refractivity contribution in [1.29, 1.82) is 0 Å². The number of nitrogens with one attached hydrogen (secondary N) is 1. The number of hydrogen-bond donors (Lipinski definition) is 1. The van der Waals surface area contributed by atoms with Crippen LogP contribution in [0.4, 0.5) is 4.39 Å². The van der Waals surface area contributed by atoms with Crippen molar-refractivity contribution in [3.8, 4) is 5.75 Å². The largest absolute Gasteiger partial charge is 0.493 e. The van der Waals surface area contributed by atoms with Gasteiger partial charge in [0.25, 0.3) is 0 Å². The summed E-state index contributed by atoms with van der Waals surface area (Å²) in [5.74, 6) is 2.05. The van der Waals surface area contributed by atoms with Crippen LogP contribution in [-0.2, 0) is 10.5 Å². The number of carbonyl (C=O) groups excluding carboxylic acids is 1. The third kappa shape index (κ3) is 7.04. The molecule has 24 heavy (non-hydrogen) atoms. The Morgan fingerprint density at radius 2 is 1.83 bits per heavy atom. The van der Waals surface area contributed by atoms with Gasteiger partial charge < -0.3 is 10.1 Å². The summed E-state index contributed by atoms with van der Waals surface area (Å²) in [4.78, 5) is 11.7. The Balaban J connectivity index is 1.51. The molecule has 2 aromatic carbocycles. The summed E-state index contributed by atoms with van der Waals surface area (Å²) in [7, 11) is 0. The molecule has 0 aliphatic rings. The van der Waals surface area contributed by atoms with Gasteiger partial charge >= 0.3 is 0 Å². The molecule has 0 aliphatic heterocycles. The first-order chi connectivity index (χ1) is 11.6. The van der Waals surface area contributed by atoms with Crippen LogP contribution in [-0.4, -0.2) is 24.8 Å². The first-order valence-corrected chi connectivity index (χ1v) is 9.07. The Bertz CT molecular complexity index is 629. The van der Waals surface area contributed by atoms with Gasteiger partial charge in [0.1, 0.15) is 11.6 Å². The summed E-state index contributed by atoms with van der Waals surface area (Å²) in [6, 6.07) is 14.3. The molecule has 2 aromatic rings. The highest BCUT2D eigenvalue weighted by atomic mass is 32.2. The quantitative estimate of drug-likeness (QED) is 0.698. The summed E-state index contributed by atoms with van der Waals surface area (Å²) >= 11 is 1.79. The number of aryl methyl sites for hydroxylation is 1. The van der Waals surface area contributed by atoms with Crippen molar-refractivity contribution in [3.05, 3.63) is 65.5 Å². The van der Waals surface area contributed by atoms with Crippen molar-refractivity contribution in [2.24, 2.45) is 0 Å². The van der Waals surface area contributed by atoms with E-state index >= 15 is 0 Å². The minimum absolute atomic E-state index is 0.0342. The van der Waals surface area contributed by atoms with E-state index in [0.29, 0.717) is 18.7 Å². The normalized spacial score (nSPS) is 10.4. The minimum atomic E-state index is -0.303. The standard InChI is InChI=1S/C19H22FNO2S/c1-15-2-4-16(5-3-15)14-24-13-11-21-19(22)10-12-23-18-8-6-17(20)7-9-18/h2-9H,10-14H2,1H3,(H,21,22). The van der Waals surface area contributed by atoms with Gasteiger partial charge in [-0.05, 0) is 36.8 Å². The molecule has 0 atom stereocenters. The lowest BCUT2D eigenvalue weighted by atomic mass is 10.2. The molecule has 1 N–H and O–H groups in total. The minimum Gasteiger partial charge on any atom is -0.493 e. The zero-order valence-electron chi connectivity index (χ0n) is 13.8. The molecule has 0 aromatic heterocycles. The molecule has 0 spiro atoms. The first-order valence-electron chi connectivity index (χ1n) is 7.92. The molecule has 1 amide bonds. The molecule has 128 valence electrons. The lowest BCUT2D eigenvalue weighted by Gasteiger charge is -2.07. The van der Waals surface area contributed by atoms with Gasteiger partial charge in [-0.25, -0.2) is 4.39 Å². The average molecular weight is 347 g/mol. The number of amides is 1. The summed E-state index contributed by atoms with van der Waals surface area (Å²) in [5.41, 5.74) is 2.56. The number of ether oxygens (including phenoxy) is 1. The van der Waals surface area contributed by atoms with E-state index in [0.717, 1.165) is 11.5 Å². The molecule has 0 radical (unpaired) electrons. The molecule has 5 heteroatoms. The molecule has 0 aliphatic carbocycles. The molecular formula is C19H22FNO2S. The average Bonchev–Trinajstić information content (AvgIpc) is 2.58. The van der Waals surface area contributed by atoms with E-state index < -0.39 is 0 Å². The zero-order valence-corrected chi connectivity index (χ0v) is 14.6. The summed E-state index contributed by atoms with van der Waals surface area (Å²) in [6.07, 6.45) is 0.292. The van der Waals surface area contributed by atoms with E-state index in [1.165, 1.54) is 23.3 Å². The van der Waals surface area contributed by atoms with Crippen molar-refractivity contribution in [1.82, 2.24) is 5.32 Å². The Morgan fingerprint density at radius 1 is 1.12 bits per heavy atom. The van der Waals surface area contributed by atoms with Crippen LogP contribution in [0.1, 0.15) is 17.5 Å². The predicted molar refractivity (Wildman–Crippen MR) is 96.9 cm³/mol. The van der Waals surface area contributed by atoms with Gasteiger partial charge in [-0.2, -0.15) is 11.8 Å². The molecular weight excluding hydrogens is 325 g/mol. The van der Waals surface area contributed by atoms with Gasteiger partial charge in [0.15, 0.2) is 0 Å². The van der Waals surface area contributed by atoms with Gasteiger partial charge in [0.05, 0.1) is 13.0 Å². The first kappa shape index (κ1) is 18.3. The van der Waals surface area contributed by atoms with Crippen molar-refractivity contribution < 1.29 is 13.9 Å². The van der Waals surface area contributed by atoms with Crippen LogP contribution in [0.5, 0.6) is 5.75 Å². The number of carbonyl (C=O) groups is 1. The van der Waals surface area contributed by atoms with Gasteiger partial charge in [0, 0.05) is 18.1 Å². The Labute approximate surface area is 146 Å². The van der Waals surface area contributed by atoms with Gasteiger partial charge in [-0.1, -0.05) is 29.8 Å². The van der Waals surface area contributed by atoms with Crippen molar-refractivity contribution in [2.45, 2.75) is 19.1 Å². The number of thioether (sulfide) groups is 1. The van der Waals surface area contributed by atoms with E-state index in [1.54, 1.807) is 23.9 Å². The van der Waals surface area contributed by atoms with Crippen LogP contribution in [0.15, 0.2) is 48.5 Å². The molecule has 0 bridgehead atoms. The number of rotatable bonds is 9. The highest BCUT2D eigenvalue weighted by Crippen LogP contribution is 2.12. The maximum Gasteiger partial charge on any atom is 0.223 e. The summed E-state index contributed by atoms with van der Waals surface area (Å²) in [6.45, 7) is 3.01. The SMILES string of the molecule is Cc1ccc(CSCCNC(=O)CCOc2ccc(F)cc2)cc1. The second-order valence-electron chi connectivity index (χ2n) is 5.44. The second-order valence-corrected chi connectivity index (χ2v) is 6.55. The zero-order chi connectivity index (χ0) is 17.2. The van der Waals surface area contributed by atoms with Gasteiger partial charge in [-0.3, -0.25) is 4.79 Å². The summed E-state index contributed by atoms with van der Waals surface area (Å²) in [5, 5.41) is 2.87. The van der Waals surface area contributed by atoms with Crippen LogP contribution in [0, 0.1) is 12.7 Å². The predicted octanol–water partition coefficient (Wildman–Crippen LogP) is 3.95. The second kappa shape index (κ2) is 9.98. The van der Waals surface area contributed by atoms with Crippen LogP contribution >= 0.6 is 11.8 Å². The molecule has 0 saturated carbocycles. The molecule has 0 fully saturated rings. The van der Waals surface area contributed by atoms with E-state index in [9.17, 15) is 9.18 Å². The van der Waals surface area contributed by atoms with Crippen LogP contribution in [0.3, 0.4) is 0 Å². The van der Waals surface area contributed by atoms with E-state index in [4.69, 9.17) is 4.74 Å². The fraction of sp³-hybridized carbons (Fsp3) is 0.316. The Morgan fingerprint density at radius 3 is 2.54 bits per heavy atom. The third-order valence-corrected chi connectivity index (χ3v) is 4.40. The highest BCUT2D eigenvalue weighted by molar-refractivity contribution is 7.98. The van der Waals surface area contributed by atoms with Gasteiger partial charge in [0.2, 0.25) is 5.91 Å². The Hall–Kier alpha value is -2.01. The maximum absolute atomic E-state index is 12.7. The fourth-order valence-electron chi connectivity index (χ4n) is 2.02. The fourth-order valence-corrected chi connectivity index (χ4v) is 2.84. The van der Waals surface area contributed by atoms with E-state index in [2.05, 4.69) is 36.5 Å². The smallest absolute Gasteiger partial charge is 0.223 e.